The van der Waals surface area contributed by atoms with E-state index >= 15 is 0 Å². The second-order valence-electron chi connectivity index (χ2n) is 6.10. The summed E-state index contributed by atoms with van der Waals surface area (Å²) in [5.74, 6) is 1.48. The molecule has 0 spiro atoms. The number of hydrogen-bond acceptors (Lipinski definition) is 4. The normalized spacial score (nSPS) is 10.6. The van der Waals surface area contributed by atoms with Crippen LogP contribution in [0.1, 0.15) is 23.6 Å². The van der Waals surface area contributed by atoms with Crippen molar-refractivity contribution < 1.29 is 9.47 Å². The summed E-state index contributed by atoms with van der Waals surface area (Å²) in [7, 11) is 0. The average molecular weight is 383 g/mol. The zero-order chi connectivity index (χ0) is 18.9. The van der Waals surface area contributed by atoms with Crippen molar-refractivity contribution in [1.82, 2.24) is 10.3 Å². The van der Waals surface area contributed by atoms with Gasteiger partial charge in [-0.3, -0.25) is 4.98 Å². The van der Waals surface area contributed by atoms with Crippen LogP contribution in [0.3, 0.4) is 0 Å². The molecule has 4 nitrogen and oxygen atoms in total. The third-order valence-corrected chi connectivity index (χ3v) is 4.21. The van der Waals surface area contributed by atoms with E-state index in [1.54, 1.807) is 6.20 Å². The number of nitrogens with zero attached hydrogens (tertiary/aromatic N) is 1. The van der Waals surface area contributed by atoms with Gasteiger partial charge in [-0.1, -0.05) is 35.9 Å². The molecule has 0 atom stereocenters. The Labute approximate surface area is 165 Å². The molecule has 0 aliphatic carbocycles. The Morgan fingerprint density at radius 1 is 0.889 bits per heavy atom. The first-order valence-electron chi connectivity index (χ1n) is 8.97. The number of hydrogen-bond donors (Lipinski definition) is 1. The molecule has 0 saturated carbocycles. The van der Waals surface area contributed by atoms with E-state index < -0.39 is 0 Å². The van der Waals surface area contributed by atoms with Crippen molar-refractivity contribution in [1.29, 1.82) is 0 Å². The van der Waals surface area contributed by atoms with Crippen LogP contribution in [0, 0.1) is 0 Å². The highest BCUT2D eigenvalue weighted by Crippen LogP contribution is 2.29. The van der Waals surface area contributed by atoms with Crippen molar-refractivity contribution >= 4 is 11.6 Å². The summed E-state index contributed by atoms with van der Waals surface area (Å²) in [5.41, 5.74) is 3.31. The van der Waals surface area contributed by atoms with Gasteiger partial charge in [0, 0.05) is 30.5 Å². The van der Waals surface area contributed by atoms with Crippen LogP contribution < -0.4 is 14.8 Å². The van der Waals surface area contributed by atoms with E-state index in [2.05, 4.69) is 16.4 Å². The van der Waals surface area contributed by atoms with Gasteiger partial charge < -0.3 is 14.8 Å². The maximum Gasteiger partial charge on any atom is 0.161 e. The lowest BCUT2D eigenvalue weighted by Gasteiger charge is -2.14. The number of halogens is 1. The SMILES string of the molecule is CCOc1cc(CNCc2cccnc2)ccc1OCc1cccc(Cl)c1. The highest BCUT2D eigenvalue weighted by Gasteiger charge is 2.07. The van der Waals surface area contributed by atoms with Crippen LogP contribution in [0.5, 0.6) is 11.5 Å². The average Bonchev–Trinajstić information content (AvgIpc) is 2.68. The van der Waals surface area contributed by atoms with Gasteiger partial charge in [0.25, 0.3) is 0 Å². The first-order chi connectivity index (χ1) is 13.2. The molecule has 3 aromatic rings. The number of aromatic nitrogens is 1. The Kier molecular flexibility index (Phi) is 7.08. The molecule has 140 valence electrons. The van der Waals surface area contributed by atoms with E-state index in [4.69, 9.17) is 21.1 Å². The van der Waals surface area contributed by atoms with E-state index in [1.165, 1.54) is 0 Å². The van der Waals surface area contributed by atoms with E-state index in [0.717, 1.165) is 41.3 Å². The van der Waals surface area contributed by atoms with Crippen LogP contribution in [0.25, 0.3) is 0 Å². The van der Waals surface area contributed by atoms with Crippen molar-refractivity contribution in [2.75, 3.05) is 6.61 Å². The fourth-order valence-electron chi connectivity index (χ4n) is 2.69. The number of benzene rings is 2. The number of nitrogens with one attached hydrogen (secondary N) is 1. The lowest BCUT2D eigenvalue weighted by atomic mass is 10.2. The Bertz CT molecular complexity index is 856. The summed E-state index contributed by atoms with van der Waals surface area (Å²) in [6.45, 7) is 4.50. The highest BCUT2D eigenvalue weighted by molar-refractivity contribution is 6.30. The maximum absolute atomic E-state index is 6.03. The van der Waals surface area contributed by atoms with Crippen molar-refractivity contribution in [2.45, 2.75) is 26.6 Å². The molecule has 0 amide bonds. The van der Waals surface area contributed by atoms with Crippen molar-refractivity contribution in [3.8, 4) is 11.5 Å². The van der Waals surface area contributed by atoms with Gasteiger partial charge in [-0.05, 0) is 53.9 Å². The minimum absolute atomic E-state index is 0.444. The zero-order valence-electron chi connectivity index (χ0n) is 15.3. The van der Waals surface area contributed by atoms with Gasteiger partial charge in [-0.25, -0.2) is 0 Å². The zero-order valence-corrected chi connectivity index (χ0v) is 16.1. The molecule has 0 fully saturated rings. The molecular formula is C22H23ClN2O2. The van der Waals surface area contributed by atoms with Crippen LogP contribution in [-0.4, -0.2) is 11.6 Å². The molecule has 27 heavy (non-hydrogen) atoms. The molecule has 0 saturated heterocycles. The molecule has 1 N–H and O–H groups in total. The molecule has 2 aromatic carbocycles. The Morgan fingerprint density at radius 3 is 2.52 bits per heavy atom. The molecule has 5 heteroatoms. The molecule has 3 rings (SSSR count). The van der Waals surface area contributed by atoms with Crippen molar-refractivity contribution in [3.63, 3.8) is 0 Å². The van der Waals surface area contributed by atoms with Crippen molar-refractivity contribution in [3.05, 3.63) is 88.7 Å². The third kappa shape index (κ3) is 5.98. The first-order valence-corrected chi connectivity index (χ1v) is 9.35. The Hall–Kier alpha value is -2.56. The predicted molar refractivity (Wildman–Crippen MR) is 108 cm³/mol. The van der Waals surface area contributed by atoms with Gasteiger partial charge >= 0.3 is 0 Å². The molecule has 1 heterocycles. The van der Waals surface area contributed by atoms with Crippen LogP contribution in [-0.2, 0) is 19.7 Å². The number of rotatable bonds is 9. The lowest BCUT2D eigenvalue weighted by Crippen LogP contribution is -2.13. The van der Waals surface area contributed by atoms with Gasteiger partial charge in [0.05, 0.1) is 6.61 Å². The fourth-order valence-corrected chi connectivity index (χ4v) is 2.90. The van der Waals surface area contributed by atoms with Crippen molar-refractivity contribution in [2.24, 2.45) is 0 Å². The largest absolute Gasteiger partial charge is 0.490 e. The van der Waals surface area contributed by atoms with E-state index in [-0.39, 0.29) is 0 Å². The molecule has 0 bridgehead atoms. The quantitative estimate of drug-likeness (QED) is 0.565. The fraction of sp³-hybridized carbons (Fsp3) is 0.227. The first kappa shape index (κ1) is 19.2. The predicted octanol–water partition coefficient (Wildman–Crippen LogP) is 5.00. The molecular weight excluding hydrogens is 360 g/mol. The van der Waals surface area contributed by atoms with Gasteiger partial charge in [0.2, 0.25) is 0 Å². The molecule has 0 aliphatic rings. The molecule has 0 aliphatic heterocycles. The smallest absolute Gasteiger partial charge is 0.161 e. The maximum atomic E-state index is 6.03. The van der Waals surface area contributed by atoms with Gasteiger partial charge in [-0.2, -0.15) is 0 Å². The molecule has 0 unspecified atom stereocenters. The highest BCUT2D eigenvalue weighted by atomic mass is 35.5. The van der Waals surface area contributed by atoms with E-state index in [0.29, 0.717) is 18.2 Å². The molecule has 1 aromatic heterocycles. The number of pyridine rings is 1. The van der Waals surface area contributed by atoms with Gasteiger partial charge in [0.15, 0.2) is 11.5 Å². The summed E-state index contributed by atoms with van der Waals surface area (Å²) >= 11 is 6.03. The van der Waals surface area contributed by atoms with Gasteiger partial charge in [-0.15, -0.1) is 0 Å². The summed E-state index contributed by atoms with van der Waals surface area (Å²) in [6, 6.07) is 17.7. The Balaban J connectivity index is 1.61. The van der Waals surface area contributed by atoms with Crippen LogP contribution in [0.2, 0.25) is 5.02 Å². The summed E-state index contributed by atoms with van der Waals surface area (Å²) in [4.78, 5) is 4.13. The summed E-state index contributed by atoms with van der Waals surface area (Å²) in [5, 5.41) is 4.12. The van der Waals surface area contributed by atoms with Gasteiger partial charge in [0.1, 0.15) is 6.61 Å². The minimum atomic E-state index is 0.444. The van der Waals surface area contributed by atoms with E-state index in [1.807, 2.05) is 61.7 Å². The monoisotopic (exact) mass is 382 g/mol. The van der Waals surface area contributed by atoms with Crippen LogP contribution in [0.15, 0.2) is 67.0 Å². The second kappa shape index (κ2) is 9.95. The molecule has 0 radical (unpaired) electrons. The second-order valence-corrected chi connectivity index (χ2v) is 6.53. The topological polar surface area (TPSA) is 43.4 Å². The lowest BCUT2D eigenvalue weighted by molar-refractivity contribution is 0.269. The van der Waals surface area contributed by atoms with Crippen LogP contribution in [0.4, 0.5) is 0 Å². The third-order valence-electron chi connectivity index (χ3n) is 3.97. The van der Waals surface area contributed by atoms with Crippen LogP contribution >= 0.6 is 11.6 Å². The summed E-state index contributed by atoms with van der Waals surface area (Å²) < 4.78 is 11.7. The minimum Gasteiger partial charge on any atom is -0.490 e. The number of ether oxygens (including phenoxy) is 2. The van der Waals surface area contributed by atoms with E-state index in [9.17, 15) is 0 Å². The summed E-state index contributed by atoms with van der Waals surface area (Å²) in [6.07, 6.45) is 3.64. The standard InChI is InChI=1S/C22H23ClN2O2/c1-2-26-22-12-17(13-25-15-19-6-4-10-24-14-19)8-9-21(22)27-16-18-5-3-7-20(23)11-18/h3-12,14,25H,2,13,15-16H2,1H3. The Morgan fingerprint density at radius 2 is 1.74 bits per heavy atom.